The average Bonchev–Trinajstić information content (AvgIpc) is 2.69. The van der Waals surface area contributed by atoms with E-state index >= 15 is 0 Å². The normalized spacial score (nSPS) is 11.3. The Morgan fingerprint density at radius 2 is 1.59 bits per heavy atom. The summed E-state index contributed by atoms with van der Waals surface area (Å²) in [4.78, 5) is 24.6. The van der Waals surface area contributed by atoms with Gasteiger partial charge >= 0.3 is 5.97 Å². The predicted octanol–water partition coefficient (Wildman–Crippen LogP) is 6.17. The molecule has 0 aliphatic rings. The fourth-order valence-corrected chi connectivity index (χ4v) is 4.05. The van der Waals surface area contributed by atoms with Gasteiger partial charge in [-0.2, -0.15) is 0 Å². The molecule has 1 N–H and O–H groups in total. The Hall–Kier alpha value is -2.53. The number of rotatable bonds is 3. The molecule has 7 heteroatoms. The molecule has 0 spiro atoms. The highest BCUT2D eigenvalue weighted by molar-refractivity contribution is 6.45. The summed E-state index contributed by atoms with van der Waals surface area (Å²) in [5.41, 5.74) is 3.14. The third-order valence-electron chi connectivity index (χ3n) is 4.92. The van der Waals surface area contributed by atoms with Gasteiger partial charge in [0, 0.05) is 15.8 Å². The van der Waals surface area contributed by atoms with Gasteiger partial charge in [-0.05, 0) is 53.9 Å². The molecule has 146 valence electrons. The van der Waals surface area contributed by atoms with E-state index in [-0.39, 0.29) is 22.0 Å². The van der Waals surface area contributed by atoms with Crippen LogP contribution < -0.4 is 5.43 Å². The molecule has 0 amide bonds. The summed E-state index contributed by atoms with van der Waals surface area (Å²) in [5.74, 6) is -1.06. The molecule has 0 saturated heterocycles. The van der Waals surface area contributed by atoms with Gasteiger partial charge in [0.25, 0.3) is 0 Å². The van der Waals surface area contributed by atoms with Crippen molar-refractivity contribution < 1.29 is 9.90 Å². The van der Waals surface area contributed by atoms with E-state index in [4.69, 9.17) is 34.8 Å². The molecule has 0 aliphatic heterocycles. The van der Waals surface area contributed by atoms with Crippen LogP contribution in [0.1, 0.15) is 5.56 Å². The number of carboxylic acid groups (broad SMARTS) is 1. The molecule has 4 rings (SSSR count). The minimum Gasteiger partial charge on any atom is -0.480 e. The summed E-state index contributed by atoms with van der Waals surface area (Å²) >= 11 is 18.8. The van der Waals surface area contributed by atoms with Crippen LogP contribution in [-0.2, 0) is 11.3 Å². The summed E-state index contributed by atoms with van der Waals surface area (Å²) in [6.45, 7) is 1.54. The first kappa shape index (κ1) is 19.8. The van der Waals surface area contributed by atoms with E-state index in [1.54, 1.807) is 18.2 Å². The quantitative estimate of drug-likeness (QED) is 0.383. The molecule has 4 nitrogen and oxygen atoms in total. The number of pyridine rings is 1. The van der Waals surface area contributed by atoms with Crippen molar-refractivity contribution in [3.05, 3.63) is 79.4 Å². The molecular formula is C22H14Cl3NO3. The Morgan fingerprint density at radius 3 is 2.28 bits per heavy atom. The first-order valence-electron chi connectivity index (χ1n) is 8.70. The Morgan fingerprint density at radius 1 is 0.931 bits per heavy atom. The molecule has 0 bridgehead atoms. The maximum absolute atomic E-state index is 13.1. The lowest BCUT2D eigenvalue weighted by molar-refractivity contribution is -0.137. The highest BCUT2D eigenvalue weighted by Gasteiger charge is 2.17. The molecule has 1 aromatic heterocycles. The van der Waals surface area contributed by atoms with Crippen LogP contribution in [0.4, 0.5) is 0 Å². The zero-order valence-electron chi connectivity index (χ0n) is 15.2. The van der Waals surface area contributed by atoms with E-state index in [1.165, 1.54) is 10.6 Å². The number of fused-ring (bicyclic) bond motifs is 2. The van der Waals surface area contributed by atoms with Crippen molar-refractivity contribution in [3.8, 4) is 11.1 Å². The zero-order chi connectivity index (χ0) is 20.9. The summed E-state index contributed by atoms with van der Waals surface area (Å²) in [6, 6.07) is 14.1. The number of hydrogen-bond donors (Lipinski definition) is 1. The molecule has 0 aliphatic carbocycles. The largest absolute Gasteiger partial charge is 0.480 e. The van der Waals surface area contributed by atoms with Crippen molar-refractivity contribution >= 4 is 62.6 Å². The number of carboxylic acids is 1. The summed E-state index contributed by atoms with van der Waals surface area (Å²) < 4.78 is 1.52. The van der Waals surface area contributed by atoms with Crippen LogP contribution in [0, 0.1) is 6.92 Å². The Bertz CT molecular complexity index is 1380. The summed E-state index contributed by atoms with van der Waals surface area (Å²) in [5, 5.41) is 11.2. The fraction of sp³-hybridized carbons (Fsp3) is 0.0909. The maximum Gasteiger partial charge on any atom is 0.323 e. The van der Waals surface area contributed by atoms with Crippen molar-refractivity contribution in [1.29, 1.82) is 0 Å². The Kier molecular flexibility index (Phi) is 5.03. The number of benzene rings is 3. The van der Waals surface area contributed by atoms with Gasteiger partial charge in [-0.3, -0.25) is 9.59 Å². The minimum absolute atomic E-state index is 0.146. The number of hydrogen-bond acceptors (Lipinski definition) is 2. The lowest BCUT2D eigenvalue weighted by Gasteiger charge is -2.16. The molecule has 0 saturated carbocycles. The second-order valence-electron chi connectivity index (χ2n) is 6.76. The minimum atomic E-state index is -1.06. The first-order chi connectivity index (χ1) is 13.8. The second-order valence-corrected chi connectivity index (χ2v) is 7.95. The van der Waals surface area contributed by atoms with Crippen LogP contribution in [0.15, 0.2) is 53.3 Å². The van der Waals surface area contributed by atoms with E-state index in [2.05, 4.69) is 0 Å². The van der Waals surface area contributed by atoms with Gasteiger partial charge in [0.1, 0.15) is 6.54 Å². The molecule has 1 heterocycles. The molecule has 3 aromatic carbocycles. The number of aromatic nitrogens is 1. The lowest BCUT2D eigenvalue weighted by atomic mass is 10.0. The standard InChI is InChI=1S/C22H14Cl3NO3/c1-11-2-3-12(8-17(11)24)13-4-5-14-18(9-13)26(10-19(27)28)21-15(22(14)29)6-7-16(23)20(21)25/h2-9H,10H2,1H3,(H,27,28). The van der Waals surface area contributed by atoms with Crippen LogP contribution in [0.5, 0.6) is 0 Å². The highest BCUT2D eigenvalue weighted by atomic mass is 35.5. The molecule has 0 atom stereocenters. The molecule has 0 unspecified atom stereocenters. The number of carbonyl (C=O) groups is 1. The third-order valence-corrected chi connectivity index (χ3v) is 6.12. The van der Waals surface area contributed by atoms with Crippen molar-refractivity contribution in [3.63, 3.8) is 0 Å². The van der Waals surface area contributed by atoms with E-state index in [0.29, 0.717) is 26.8 Å². The molecular weight excluding hydrogens is 433 g/mol. The van der Waals surface area contributed by atoms with Crippen LogP contribution in [0.25, 0.3) is 32.9 Å². The molecule has 0 fully saturated rings. The fourth-order valence-electron chi connectivity index (χ4n) is 3.45. The Balaban J connectivity index is 2.13. The van der Waals surface area contributed by atoms with Crippen molar-refractivity contribution in [2.75, 3.05) is 0 Å². The van der Waals surface area contributed by atoms with Crippen LogP contribution in [0.3, 0.4) is 0 Å². The number of aliphatic carboxylic acids is 1. The first-order valence-corrected chi connectivity index (χ1v) is 9.84. The highest BCUT2D eigenvalue weighted by Crippen LogP contribution is 2.33. The van der Waals surface area contributed by atoms with Gasteiger partial charge in [-0.25, -0.2) is 0 Å². The van der Waals surface area contributed by atoms with Crippen molar-refractivity contribution in [2.24, 2.45) is 0 Å². The lowest BCUT2D eigenvalue weighted by Crippen LogP contribution is -2.16. The summed E-state index contributed by atoms with van der Waals surface area (Å²) in [7, 11) is 0. The topological polar surface area (TPSA) is 59.3 Å². The van der Waals surface area contributed by atoms with Gasteiger partial charge in [0.2, 0.25) is 0 Å². The van der Waals surface area contributed by atoms with Gasteiger partial charge in [-0.15, -0.1) is 0 Å². The Labute approximate surface area is 180 Å². The van der Waals surface area contributed by atoms with Gasteiger partial charge < -0.3 is 9.67 Å². The van der Waals surface area contributed by atoms with E-state index in [0.717, 1.165) is 16.7 Å². The summed E-state index contributed by atoms with van der Waals surface area (Å²) in [6.07, 6.45) is 0. The SMILES string of the molecule is Cc1ccc(-c2ccc3c(=O)c4ccc(Cl)c(Cl)c4n(CC(=O)O)c3c2)cc1Cl. The van der Waals surface area contributed by atoms with E-state index in [9.17, 15) is 14.7 Å². The third kappa shape index (κ3) is 3.38. The van der Waals surface area contributed by atoms with Crippen molar-refractivity contribution in [1.82, 2.24) is 4.57 Å². The monoisotopic (exact) mass is 445 g/mol. The molecule has 4 aromatic rings. The number of aryl methyl sites for hydroxylation is 1. The molecule has 29 heavy (non-hydrogen) atoms. The smallest absolute Gasteiger partial charge is 0.323 e. The van der Waals surface area contributed by atoms with Gasteiger partial charge in [0.15, 0.2) is 5.43 Å². The molecule has 0 radical (unpaired) electrons. The van der Waals surface area contributed by atoms with Gasteiger partial charge in [-0.1, -0.05) is 53.0 Å². The van der Waals surface area contributed by atoms with Crippen LogP contribution >= 0.6 is 34.8 Å². The van der Waals surface area contributed by atoms with Gasteiger partial charge in [0.05, 0.1) is 21.1 Å². The number of halogens is 3. The average molecular weight is 447 g/mol. The van der Waals surface area contributed by atoms with E-state index in [1.807, 2.05) is 31.2 Å². The second kappa shape index (κ2) is 7.38. The van der Waals surface area contributed by atoms with E-state index < -0.39 is 5.97 Å². The zero-order valence-corrected chi connectivity index (χ0v) is 17.4. The van der Waals surface area contributed by atoms with Crippen LogP contribution in [0.2, 0.25) is 15.1 Å². The van der Waals surface area contributed by atoms with Crippen molar-refractivity contribution in [2.45, 2.75) is 13.5 Å². The maximum atomic E-state index is 13.1. The number of nitrogens with zero attached hydrogens (tertiary/aromatic N) is 1. The predicted molar refractivity (Wildman–Crippen MR) is 119 cm³/mol. The van der Waals surface area contributed by atoms with Crippen LogP contribution in [-0.4, -0.2) is 15.6 Å².